The molecule has 16 heteroatoms. The molecule has 0 bridgehead atoms. The lowest BCUT2D eigenvalue weighted by molar-refractivity contribution is -0.485. The fourth-order valence-corrected chi connectivity index (χ4v) is 1.43. The lowest BCUT2D eigenvalue weighted by Gasteiger charge is -2.39. The van der Waals surface area contributed by atoms with Crippen LogP contribution in [-0.2, 0) is 4.74 Å². The number of ether oxygens (including phenoxy) is 1. The lowest BCUT2D eigenvalue weighted by atomic mass is 10.2. The zero-order chi connectivity index (χ0) is 18.9. The van der Waals surface area contributed by atoms with Crippen molar-refractivity contribution in [2.45, 2.75) is 42.7 Å². The Morgan fingerprint density at radius 3 is 1.43 bits per heavy atom. The molecule has 1 unspecified atom stereocenters. The number of halogens is 14. The summed E-state index contributed by atoms with van der Waals surface area (Å²) in [5.41, 5.74) is 0. The quantitative estimate of drug-likeness (QED) is 0.499. The van der Waals surface area contributed by atoms with Crippen LogP contribution in [0.25, 0.3) is 0 Å². The molecule has 138 valence electrons. The van der Waals surface area contributed by atoms with Gasteiger partial charge >= 0.3 is 42.7 Å². The molecule has 23 heavy (non-hydrogen) atoms. The molecule has 0 N–H and O–H groups in total. The first-order valence-corrected chi connectivity index (χ1v) is 4.82. The van der Waals surface area contributed by atoms with Crippen LogP contribution in [0.5, 0.6) is 0 Å². The van der Waals surface area contributed by atoms with Crippen LogP contribution in [0, 0.1) is 0 Å². The standard InChI is InChI=1S/C7HF14NO/c8-1(9)22-5(16,17)2(10,11)7(20,21)23-3(12,4(13,14)15)6(22,18)19/h1H. The van der Waals surface area contributed by atoms with E-state index in [-0.39, 0.29) is 0 Å². The smallest absolute Gasteiger partial charge is 0.263 e. The molecule has 0 aliphatic carbocycles. The molecule has 0 radical (unpaired) electrons. The van der Waals surface area contributed by atoms with Gasteiger partial charge < -0.3 is 0 Å². The maximum atomic E-state index is 13.3. The van der Waals surface area contributed by atoms with Crippen LogP contribution in [0.3, 0.4) is 0 Å². The fraction of sp³-hybridized carbons (Fsp3) is 1.00. The van der Waals surface area contributed by atoms with E-state index >= 15 is 0 Å². The zero-order valence-electron chi connectivity index (χ0n) is 9.72. The maximum Gasteiger partial charge on any atom is 0.456 e. The minimum Gasteiger partial charge on any atom is -0.263 e. The molecule has 1 saturated heterocycles. The third-order valence-corrected chi connectivity index (χ3v) is 2.56. The van der Waals surface area contributed by atoms with Gasteiger partial charge in [0.2, 0.25) is 0 Å². The Bertz CT molecular complexity index is 470. The van der Waals surface area contributed by atoms with E-state index in [9.17, 15) is 61.5 Å². The Labute approximate surface area is 115 Å². The molecule has 0 aromatic heterocycles. The third kappa shape index (κ3) is 2.32. The average Bonchev–Trinajstić information content (AvgIpc) is 2.25. The van der Waals surface area contributed by atoms with E-state index in [1.807, 2.05) is 0 Å². The second-order valence-corrected chi connectivity index (χ2v) is 4.02. The molecule has 0 aromatic carbocycles. The van der Waals surface area contributed by atoms with Crippen LogP contribution >= 0.6 is 0 Å². The van der Waals surface area contributed by atoms with Crippen molar-refractivity contribution in [2.75, 3.05) is 0 Å². The van der Waals surface area contributed by atoms with Crippen molar-refractivity contribution in [3.8, 4) is 0 Å². The number of hydrogen-bond donors (Lipinski definition) is 0. The summed E-state index contributed by atoms with van der Waals surface area (Å²) in [6, 6.07) is -14.7. The van der Waals surface area contributed by atoms with Crippen LogP contribution in [0.2, 0.25) is 0 Å². The second kappa shape index (κ2) is 4.73. The Morgan fingerprint density at radius 2 is 1.13 bits per heavy atom. The molecular weight excluding hydrogens is 380 g/mol. The van der Waals surface area contributed by atoms with Gasteiger partial charge in [0, 0.05) is 0 Å². The Balaban J connectivity index is 3.85. The molecule has 2 nitrogen and oxygen atoms in total. The Hall–Kier alpha value is -1.06. The molecule has 1 aliphatic heterocycles. The average molecular weight is 381 g/mol. The largest absolute Gasteiger partial charge is 0.456 e. The van der Waals surface area contributed by atoms with E-state index in [0.29, 0.717) is 0 Å². The second-order valence-electron chi connectivity index (χ2n) is 4.02. The van der Waals surface area contributed by atoms with Crippen molar-refractivity contribution >= 4 is 0 Å². The SMILES string of the molecule is FC(F)N1C(F)(F)C(F)(F)C(F)(F)OC(F)(C(F)(F)F)C1(F)F. The van der Waals surface area contributed by atoms with Crippen molar-refractivity contribution in [3.05, 3.63) is 0 Å². The summed E-state index contributed by atoms with van der Waals surface area (Å²) in [4.78, 5) is -3.62. The van der Waals surface area contributed by atoms with Crippen molar-refractivity contribution in [1.29, 1.82) is 0 Å². The summed E-state index contributed by atoms with van der Waals surface area (Å²) in [5.74, 6) is -14.7. The van der Waals surface area contributed by atoms with Gasteiger partial charge in [0.25, 0.3) is 0 Å². The minimum absolute atomic E-state index is 1.62. The number of nitrogens with zero attached hydrogens (tertiary/aromatic N) is 1. The van der Waals surface area contributed by atoms with Crippen LogP contribution in [0.15, 0.2) is 0 Å². The number of alkyl halides is 14. The Kier molecular flexibility index (Phi) is 4.11. The van der Waals surface area contributed by atoms with Gasteiger partial charge in [-0.3, -0.25) is 4.74 Å². The van der Waals surface area contributed by atoms with Gasteiger partial charge in [0.1, 0.15) is 0 Å². The van der Waals surface area contributed by atoms with E-state index in [4.69, 9.17) is 0 Å². The van der Waals surface area contributed by atoms with E-state index in [1.54, 1.807) is 4.74 Å². The summed E-state index contributed by atoms with van der Waals surface area (Å²) in [6.07, 6.45) is -14.6. The molecule has 0 saturated carbocycles. The van der Waals surface area contributed by atoms with Gasteiger partial charge in [-0.15, -0.1) is 4.90 Å². The highest BCUT2D eigenvalue weighted by Gasteiger charge is 2.91. The molecule has 0 aromatic rings. The van der Waals surface area contributed by atoms with Crippen molar-refractivity contribution in [3.63, 3.8) is 0 Å². The summed E-state index contributed by atoms with van der Waals surface area (Å²) in [5, 5.41) is 0. The molecule has 1 atom stereocenters. The van der Waals surface area contributed by atoms with E-state index < -0.39 is 47.6 Å². The normalized spacial score (nSPS) is 33.5. The number of rotatable bonds is 1. The molecule has 0 amide bonds. The predicted molar refractivity (Wildman–Crippen MR) is 38.6 cm³/mol. The molecular formula is C7HF14NO. The molecule has 1 aliphatic rings. The minimum atomic E-state index is -7.38. The Morgan fingerprint density at radius 1 is 0.739 bits per heavy atom. The fourth-order valence-electron chi connectivity index (χ4n) is 1.43. The zero-order valence-corrected chi connectivity index (χ0v) is 9.72. The highest BCUT2D eigenvalue weighted by Crippen LogP contribution is 2.61. The van der Waals surface area contributed by atoms with Gasteiger partial charge in [0.15, 0.2) is 0 Å². The van der Waals surface area contributed by atoms with Gasteiger partial charge in [-0.25, -0.2) is 0 Å². The van der Waals surface area contributed by atoms with Crippen molar-refractivity contribution in [2.24, 2.45) is 0 Å². The van der Waals surface area contributed by atoms with Crippen LogP contribution in [0.1, 0.15) is 0 Å². The van der Waals surface area contributed by atoms with E-state index in [1.165, 1.54) is 0 Å². The monoisotopic (exact) mass is 381 g/mol. The maximum absolute atomic E-state index is 13.3. The van der Waals surface area contributed by atoms with Gasteiger partial charge in [-0.2, -0.15) is 61.5 Å². The van der Waals surface area contributed by atoms with E-state index in [0.717, 1.165) is 0 Å². The number of hydrogen-bond acceptors (Lipinski definition) is 2. The predicted octanol–water partition coefficient (Wildman–Crippen LogP) is 4.18. The van der Waals surface area contributed by atoms with E-state index in [2.05, 4.69) is 0 Å². The van der Waals surface area contributed by atoms with Crippen molar-refractivity contribution in [1.82, 2.24) is 4.90 Å². The lowest BCUT2D eigenvalue weighted by Crippen LogP contribution is -2.69. The topological polar surface area (TPSA) is 12.5 Å². The molecule has 1 rings (SSSR count). The highest BCUT2D eigenvalue weighted by atomic mass is 19.4. The third-order valence-electron chi connectivity index (χ3n) is 2.56. The first kappa shape index (κ1) is 20.0. The summed E-state index contributed by atoms with van der Waals surface area (Å²) in [6.45, 7) is -5.61. The van der Waals surface area contributed by atoms with Gasteiger partial charge in [0.05, 0.1) is 0 Å². The first-order valence-electron chi connectivity index (χ1n) is 4.82. The summed E-state index contributed by atoms with van der Waals surface area (Å²) < 4.78 is 180. The molecule has 1 fully saturated rings. The van der Waals surface area contributed by atoms with Crippen LogP contribution in [-0.4, -0.2) is 47.6 Å². The first-order chi connectivity index (χ1) is 9.77. The molecule has 0 spiro atoms. The van der Waals surface area contributed by atoms with Crippen LogP contribution < -0.4 is 0 Å². The van der Waals surface area contributed by atoms with Gasteiger partial charge in [-0.1, -0.05) is 0 Å². The van der Waals surface area contributed by atoms with Gasteiger partial charge in [-0.05, 0) is 0 Å². The summed E-state index contributed by atoms with van der Waals surface area (Å²) >= 11 is 0. The molecule has 1 heterocycles. The summed E-state index contributed by atoms with van der Waals surface area (Å²) in [7, 11) is 0. The van der Waals surface area contributed by atoms with Crippen molar-refractivity contribution < 1.29 is 66.2 Å². The van der Waals surface area contributed by atoms with Crippen LogP contribution in [0.4, 0.5) is 61.5 Å². The highest BCUT2D eigenvalue weighted by molar-refractivity contribution is 5.05.